The van der Waals surface area contributed by atoms with E-state index in [2.05, 4.69) is 0 Å². The van der Waals surface area contributed by atoms with Gasteiger partial charge in [0.1, 0.15) is 6.54 Å². The number of hydrogen-bond donors (Lipinski definition) is 1. The molecule has 1 radical (unpaired) electrons. The van der Waals surface area contributed by atoms with Gasteiger partial charge < -0.3 is 5.73 Å². The van der Waals surface area contributed by atoms with E-state index in [1.807, 2.05) is 29.6 Å². The average molecular weight is 286 g/mol. The van der Waals surface area contributed by atoms with Crippen LogP contribution in [0.15, 0.2) is 29.6 Å². The number of amides is 2. The third-order valence-electron chi connectivity index (χ3n) is 2.76. The molecule has 0 unspecified atom stereocenters. The number of hydrogen-bond acceptors (Lipinski definition) is 4. The predicted molar refractivity (Wildman–Crippen MR) is 76.3 cm³/mol. The lowest BCUT2D eigenvalue weighted by atomic mass is 10.1. The number of benzene rings is 1. The Kier molecular flexibility index (Phi) is 4.33. The SMILES string of the molecule is N#CN(CC(N)=O)C(=O)[CH]Cc1csc2ccccc12. The van der Waals surface area contributed by atoms with E-state index in [9.17, 15) is 9.59 Å². The highest BCUT2D eigenvalue weighted by Crippen LogP contribution is 2.26. The molecule has 2 aromatic rings. The topological polar surface area (TPSA) is 87.2 Å². The Morgan fingerprint density at radius 1 is 1.40 bits per heavy atom. The van der Waals surface area contributed by atoms with Gasteiger partial charge in [0.05, 0.1) is 6.42 Å². The third kappa shape index (κ3) is 3.13. The van der Waals surface area contributed by atoms with Crippen LogP contribution >= 0.6 is 11.3 Å². The fourth-order valence-electron chi connectivity index (χ4n) is 1.82. The molecule has 0 fully saturated rings. The van der Waals surface area contributed by atoms with E-state index in [1.54, 1.807) is 17.5 Å². The smallest absolute Gasteiger partial charge is 0.240 e. The molecule has 0 aliphatic carbocycles. The van der Waals surface area contributed by atoms with E-state index < -0.39 is 18.4 Å². The molecule has 0 spiro atoms. The molecular formula is C14H12N3O2S. The summed E-state index contributed by atoms with van der Waals surface area (Å²) in [7, 11) is 0. The normalized spacial score (nSPS) is 10.2. The van der Waals surface area contributed by atoms with Crippen molar-refractivity contribution in [2.75, 3.05) is 6.54 Å². The number of rotatable bonds is 5. The number of nitrogens with two attached hydrogens (primary N) is 1. The van der Waals surface area contributed by atoms with Gasteiger partial charge in [-0.15, -0.1) is 11.3 Å². The fourth-order valence-corrected chi connectivity index (χ4v) is 2.79. The summed E-state index contributed by atoms with van der Waals surface area (Å²) in [5.74, 6) is -1.23. The molecule has 0 aliphatic heterocycles. The molecule has 0 bridgehead atoms. The Morgan fingerprint density at radius 2 is 2.15 bits per heavy atom. The zero-order valence-electron chi connectivity index (χ0n) is 10.6. The number of thiophene rings is 1. The zero-order valence-corrected chi connectivity index (χ0v) is 11.4. The van der Waals surface area contributed by atoms with E-state index in [4.69, 9.17) is 11.0 Å². The van der Waals surface area contributed by atoms with Gasteiger partial charge >= 0.3 is 0 Å². The van der Waals surface area contributed by atoms with Crippen LogP contribution in [0.1, 0.15) is 5.56 Å². The van der Waals surface area contributed by atoms with Crippen molar-refractivity contribution < 1.29 is 9.59 Å². The van der Waals surface area contributed by atoms with Crippen LogP contribution in [0, 0.1) is 17.9 Å². The molecule has 20 heavy (non-hydrogen) atoms. The number of carbonyl (C=O) groups is 2. The summed E-state index contributed by atoms with van der Waals surface area (Å²) in [6.45, 7) is -0.393. The summed E-state index contributed by atoms with van der Waals surface area (Å²) in [6, 6.07) is 7.90. The lowest BCUT2D eigenvalue weighted by Crippen LogP contribution is -2.35. The van der Waals surface area contributed by atoms with E-state index in [-0.39, 0.29) is 0 Å². The summed E-state index contributed by atoms with van der Waals surface area (Å²) in [6.07, 6.45) is 3.46. The second kappa shape index (κ2) is 6.17. The van der Waals surface area contributed by atoms with Crippen molar-refractivity contribution in [3.05, 3.63) is 41.6 Å². The summed E-state index contributed by atoms with van der Waals surface area (Å²) < 4.78 is 1.15. The molecule has 0 saturated carbocycles. The number of carbonyl (C=O) groups excluding carboxylic acids is 2. The van der Waals surface area contributed by atoms with Crippen molar-refractivity contribution in [2.24, 2.45) is 5.73 Å². The van der Waals surface area contributed by atoms with Crippen LogP contribution in [0.4, 0.5) is 0 Å². The molecule has 1 aromatic carbocycles. The fraction of sp³-hybridized carbons (Fsp3) is 0.143. The van der Waals surface area contributed by atoms with E-state index in [1.165, 1.54) is 6.42 Å². The largest absolute Gasteiger partial charge is 0.368 e. The zero-order chi connectivity index (χ0) is 14.5. The van der Waals surface area contributed by atoms with Crippen molar-refractivity contribution in [1.82, 2.24) is 4.90 Å². The minimum absolute atomic E-state index is 0.393. The molecule has 5 nitrogen and oxygen atoms in total. The van der Waals surface area contributed by atoms with Crippen molar-refractivity contribution in [3.8, 4) is 6.19 Å². The molecule has 0 aliphatic rings. The molecule has 101 valence electrons. The highest BCUT2D eigenvalue weighted by Gasteiger charge is 2.16. The van der Waals surface area contributed by atoms with Gasteiger partial charge in [0.2, 0.25) is 11.8 Å². The van der Waals surface area contributed by atoms with Gasteiger partial charge in [-0.1, -0.05) is 18.2 Å². The van der Waals surface area contributed by atoms with E-state index >= 15 is 0 Å². The van der Waals surface area contributed by atoms with Gasteiger partial charge in [0.25, 0.3) is 0 Å². The lowest BCUT2D eigenvalue weighted by molar-refractivity contribution is -0.129. The molecule has 1 heterocycles. The van der Waals surface area contributed by atoms with Crippen molar-refractivity contribution in [2.45, 2.75) is 6.42 Å². The van der Waals surface area contributed by atoms with Crippen molar-refractivity contribution in [3.63, 3.8) is 0 Å². The monoisotopic (exact) mass is 286 g/mol. The highest BCUT2D eigenvalue weighted by molar-refractivity contribution is 7.17. The van der Waals surface area contributed by atoms with Crippen LogP contribution in [-0.2, 0) is 16.0 Å². The number of fused-ring (bicyclic) bond motifs is 1. The maximum atomic E-state index is 11.8. The van der Waals surface area contributed by atoms with Gasteiger partial charge in [-0.25, -0.2) is 4.90 Å². The molecule has 2 amide bonds. The van der Waals surface area contributed by atoms with Gasteiger partial charge in [-0.2, -0.15) is 5.26 Å². The quantitative estimate of drug-likeness (QED) is 0.666. The first-order valence-corrected chi connectivity index (χ1v) is 6.77. The van der Waals surface area contributed by atoms with Gasteiger partial charge in [0.15, 0.2) is 6.19 Å². The van der Waals surface area contributed by atoms with E-state index in [0.717, 1.165) is 20.5 Å². The Morgan fingerprint density at radius 3 is 2.85 bits per heavy atom. The van der Waals surface area contributed by atoms with Crippen LogP contribution < -0.4 is 5.73 Å². The Bertz CT molecular complexity index is 687. The van der Waals surface area contributed by atoms with E-state index in [0.29, 0.717) is 6.42 Å². The minimum atomic E-state index is -0.714. The molecule has 0 saturated heterocycles. The van der Waals surface area contributed by atoms with Crippen LogP contribution in [0.3, 0.4) is 0 Å². The van der Waals surface area contributed by atoms with Crippen LogP contribution in [-0.4, -0.2) is 23.3 Å². The van der Waals surface area contributed by atoms with Gasteiger partial charge in [-0.3, -0.25) is 9.59 Å². The Balaban J connectivity index is 2.03. The second-order valence-electron chi connectivity index (χ2n) is 4.16. The molecule has 1 aromatic heterocycles. The first-order valence-electron chi connectivity index (χ1n) is 5.89. The number of primary amides is 1. The Labute approximate surface area is 120 Å². The molecule has 2 rings (SSSR count). The summed E-state index contributed by atoms with van der Waals surface area (Å²) in [5.41, 5.74) is 6.00. The van der Waals surface area contributed by atoms with Gasteiger partial charge in [0, 0.05) is 4.70 Å². The Hall–Kier alpha value is -2.39. The summed E-state index contributed by atoms with van der Waals surface area (Å²) in [4.78, 5) is 23.3. The standard InChI is InChI=1S/C14H12N3O2S/c15-9-17(7-13(16)18)14(19)6-5-10-8-20-12-4-2-1-3-11(10)12/h1-4,6,8H,5,7H2,(H2,16,18). The van der Waals surface area contributed by atoms with Gasteiger partial charge in [-0.05, 0) is 28.8 Å². The van der Waals surface area contributed by atoms with Crippen LogP contribution in [0.25, 0.3) is 10.1 Å². The first-order chi connectivity index (χ1) is 9.61. The average Bonchev–Trinajstić information content (AvgIpc) is 2.85. The molecule has 6 heteroatoms. The lowest BCUT2D eigenvalue weighted by Gasteiger charge is -2.10. The molecule has 2 N–H and O–H groups in total. The minimum Gasteiger partial charge on any atom is -0.368 e. The maximum Gasteiger partial charge on any atom is 0.240 e. The predicted octanol–water partition coefficient (Wildman–Crippen LogP) is 1.44. The molecular weight excluding hydrogens is 274 g/mol. The highest BCUT2D eigenvalue weighted by atomic mass is 32.1. The summed E-state index contributed by atoms with van der Waals surface area (Å²) in [5, 5.41) is 11.9. The van der Waals surface area contributed by atoms with Crippen molar-refractivity contribution in [1.29, 1.82) is 5.26 Å². The van der Waals surface area contributed by atoms with Crippen molar-refractivity contribution >= 4 is 33.2 Å². The third-order valence-corrected chi connectivity index (χ3v) is 3.77. The second-order valence-corrected chi connectivity index (χ2v) is 5.07. The maximum absolute atomic E-state index is 11.8. The molecule has 0 atom stereocenters. The van der Waals surface area contributed by atoms with Crippen LogP contribution in [0.5, 0.6) is 0 Å². The number of nitriles is 1. The number of nitrogens with zero attached hydrogens (tertiary/aromatic N) is 2. The summed E-state index contributed by atoms with van der Waals surface area (Å²) >= 11 is 1.61. The van der Waals surface area contributed by atoms with Crippen LogP contribution in [0.2, 0.25) is 0 Å². The first kappa shape index (κ1) is 14.0.